The Balaban J connectivity index is 2.50. The van der Waals surface area contributed by atoms with Crippen LogP contribution < -0.4 is 5.32 Å². The van der Waals surface area contributed by atoms with E-state index >= 15 is 0 Å². The van der Waals surface area contributed by atoms with Gasteiger partial charge in [-0.1, -0.05) is 0 Å². The molecule has 0 aromatic carbocycles. The average Bonchev–Trinajstić information content (AvgIpc) is 1.80. The van der Waals surface area contributed by atoms with Crippen LogP contribution in [0.4, 0.5) is 0 Å². The van der Waals surface area contributed by atoms with Crippen LogP contribution in [0.5, 0.6) is 0 Å². The van der Waals surface area contributed by atoms with Crippen molar-refractivity contribution in [1.82, 2.24) is 5.32 Å². The SMILES string of the molecule is CC(=O)NC1(CC(=O)O)CCC1. The zero-order valence-corrected chi connectivity index (χ0v) is 7.09. The maximum atomic E-state index is 10.7. The molecule has 1 aliphatic carbocycles. The Hall–Kier alpha value is -1.06. The highest BCUT2D eigenvalue weighted by molar-refractivity contribution is 5.76. The van der Waals surface area contributed by atoms with Gasteiger partial charge in [-0.2, -0.15) is 0 Å². The van der Waals surface area contributed by atoms with Gasteiger partial charge in [-0.25, -0.2) is 0 Å². The summed E-state index contributed by atoms with van der Waals surface area (Å²) in [6.07, 6.45) is 2.64. The number of hydrogen-bond donors (Lipinski definition) is 2. The molecule has 4 nitrogen and oxygen atoms in total. The van der Waals surface area contributed by atoms with Crippen molar-refractivity contribution >= 4 is 11.9 Å². The van der Waals surface area contributed by atoms with Gasteiger partial charge in [0, 0.05) is 6.92 Å². The van der Waals surface area contributed by atoms with Gasteiger partial charge in [0.2, 0.25) is 5.91 Å². The molecule has 0 aromatic rings. The summed E-state index contributed by atoms with van der Waals surface area (Å²) in [6, 6.07) is 0. The number of amides is 1. The van der Waals surface area contributed by atoms with Gasteiger partial charge in [0.05, 0.1) is 12.0 Å². The second-order valence-corrected chi connectivity index (χ2v) is 3.39. The Morgan fingerprint density at radius 1 is 1.50 bits per heavy atom. The average molecular weight is 171 g/mol. The first-order valence-electron chi connectivity index (χ1n) is 4.05. The van der Waals surface area contributed by atoms with E-state index in [0.717, 1.165) is 19.3 Å². The van der Waals surface area contributed by atoms with E-state index in [4.69, 9.17) is 5.11 Å². The first-order chi connectivity index (χ1) is 5.54. The van der Waals surface area contributed by atoms with E-state index in [1.54, 1.807) is 0 Å². The third-order valence-corrected chi connectivity index (χ3v) is 2.24. The minimum absolute atomic E-state index is 0.0482. The number of carbonyl (C=O) groups excluding carboxylic acids is 1. The van der Waals surface area contributed by atoms with E-state index in [0.29, 0.717) is 0 Å². The first kappa shape index (κ1) is 9.03. The molecule has 68 valence electrons. The summed E-state index contributed by atoms with van der Waals surface area (Å²) in [4.78, 5) is 21.2. The fourth-order valence-corrected chi connectivity index (χ4v) is 1.61. The molecular weight excluding hydrogens is 158 g/mol. The summed E-state index contributed by atoms with van der Waals surface area (Å²) in [5, 5.41) is 11.3. The molecule has 0 unspecified atom stereocenters. The van der Waals surface area contributed by atoms with Gasteiger partial charge in [0.1, 0.15) is 0 Å². The highest BCUT2D eigenvalue weighted by atomic mass is 16.4. The number of rotatable bonds is 3. The predicted molar refractivity (Wildman–Crippen MR) is 42.7 cm³/mol. The second-order valence-electron chi connectivity index (χ2n) is 3.39. The van der Waals surface area contributed by atoms with Crippen LogP contribution in [-0.2, 0) is 9.59 Å². The molecule has 0 atom stereocenters. The van der Waals surface area contributed by atoms with Gasteiger partial charge < -0.3 is 10.4 Å². The van der Waals surface area contributed by atoms with E-state index in [1.807, 2.05) is 0 Å². The highest BCUT2D eigenvalue weighted by Crippen LogP contribution is 2.34. The van der Waals surface area contributed by atoms with Gasteiger partial charge >= 0.3 is 5.97 Å². The minimum atomic E-state index is -0.844. The maximum Gasteiger partial charge on any atom is 0.305 e. The summed E-state index contributed by atoms with van der Waals surface area (Å²) >= 11 is 0. The second kappa shape index (κ2) is 3.13. The van der Waals surface area contributed by atoms with Crippen LogP contribution in [0.2, 0.25) is 0 Å². The largest absolute Gasteiger partial charge is 0.481 e. The molecule has 0 bridgehead atoms. The van der Waals surface area contributed by atoms with Gasteiger partial charge in [-0.15, -0.1) is 0 Å². The van der Waals surface area contributed by atoms with Crippen LogP contribution in [0.3, 0.4) is 0 Å². The lowest BCUT2D eigenvalue weighted by atomic mass is 9.74. The fourth-order valence-electron chi connectivity index (χ4n) is 1.61. The molecule has 0 heterocycles. The van der Waals surface area contributed by atoms with Crippen molar-refractivity contribution in [1.29, 1.82) is 0 Å². The van der Waals surface area contributed by atoms with Gasteiger partial charge in [-0.05, 0) is 19.3 Å². The smallest absolute Gasteiger partial charge is 0.305 e. The molecule has 0 aliphatic heterocycles. The predicted octanol–water partition coefficient (Wildman–Crippen LogP) is 0.520. The molecule has 0 saturated heterocycles. The number of carboxylic acids is 1. The third kappa shape index (κ3) is 1.96. The topological polar surface area (TPSA) is 66.4 Å². The lowest BCUT2D eigenvalue weighted by Crippen LogP contribution is -2.54. The Morgan fingerprint density at radius 2 is 2.08 bits per heavy atom. The van der Waals surface area contributed by atoms with E-state index < -0.39 is 11.5 Å². The number of carboxylic acid groups (broad SMARTS) is 1. The molecule has 1 saturated carbocycles. The Labute approximate surface area is 71.0 Å². The van der Waals surface area contributed by atoms with Crippen molar-refractivity contribution in [3.05, 3.63) is 0 Å². The van der Waals surface area contributed by atoms with Gasteiger partial charge in [-0.3, -0.25) is 9.59 Å². The molecule has 4 heteroatoms. The van der Waals surface area contributed by atoms with Crippen LogP contribution >= 0.6 is 0 Å². The summed E-state index contributed by atoms with van der Waals surface area (Å²) in [6.45, 7) is 1.42. The number of hydrogen-bond acceptors (Lipinski definition) is 2. The molecule has 2 N–H and O–H groups in total. The fraction of sp³-hybridized carbons (Fsp3) is 0.750. The minimum Gasteiger partial charge on any atom is -0.481 e. The maximum absolute atomic E-state index is 10.7. The first-order valence-corrected chi connectivity index (χ1v) is 4.05. The molecule has 0 radical (unpaired) electrons. The monoisotopic (exact) mass is 171 g/mol. The molecule has 1 rings (SSSR count). The van der Waals surface area contributed by atoms with E-state index in [2.05, 4.69) is 5.32 Å². The third-order valence-electron chi connectivity index (χ3n) is 2.24. The number of aliphatic carboxylic acids is 1. The molecule has 0 aromatic heterocycles. The Kier molecular flexibility index (Phi) is 2.35. The van der Waals surface area contributed by atoms with E-state index in [1.165, 1.54) is 6.92 Å². The van der Waals surface area contributed by atoms with Crippen molar-refractivity contribution in [2.75, 3.05) is 0 Å². The molecule has 1 fully saturated rings. The normalized spacial score (nSPS) is 19.4. The standard InChI is InChI=1S/C8H13NO3/c1-6(10)9-8(3-2-4-8)5-7(11)12/h2-5H2,1H3,(H,9,10)(H,11,12). The molecule has 12 heavy (non-hydrogen) atoms. The van der Waals surface area contributed by atoms with Crippen LogP contribution in [0.1, 0.15) is 32.6 Å². The summed E-state index contributed by atoms with van der Waals surface area (Å²) in [5.41, 5.74) is -0.433. The van der Waals surface area contributed by atoms with Crippen LogP contribution in [0.25, 0.3) is 0 Å². The number of carbonyl (C=O) groups is 2. The van der Waals surface area contributed by atoms with Crippen LogP contribution in [-0.4, -0.2) is 22.5 Å². The zero-order valence-electron chi connectivity index (χ0n) is 7.09. The van der Waals surface area contributed by atoms with Crippen molar-refractivity contribution in [2.45, 2.75) is 38.1 Å². The highest BCUT2D eigenvalue weighted by Gasteiger charge is 2.39. The molecule has 0 spiro atoms. The molecule has 1 amide bonds. The Morgan fingerprint density at radius 3 is 2.33 bits per heavy atom. The molecule has 1 aliphatic rings. The van der Waals surface area contributed by atoms with Crippen molar-refractivity contribution in [3.8, 4) is 0 Å². The summed E-state index contributed by atoms with van der Waals surface area (Å²) in [5.74, 6) is -0.987. The lowest BCUT2D eigenvalue weighted by molar-refractivity contribution is -0.140. The summed E-state index contributed by atoms with van der Waals surface area (Å²) < 4.78 is 0. The van der Waals surface area contributed by atoms with Crippen LogP contribution in [0, 0.1) is 0 Å². The molecular formula is C8H13NO3. The Bertz CT molecular complexity index is 190. The zero-order chi connectivity index (χ0) is 9.19. The van der Waals surface area contributed by atoms with E-state index in [9.17, 15) is 9.59 Å². The van der Waals surface area contributed by atoms with Gasteiger partial charge in [0.15, 0.2) is 0 Å². The van der Waals surface area contributed by atoms with Crippen LogP contribution in [0.15, 0.2) is 0 Å². The van der Waals surface area contributed by atoms with Gasteiger partial charge in [0.25, 0.3) is 0 Å². The van der Waals surface area contributed by atoms with Crippen molar-refractivity contribution < 1.29 is 14.7 Å². The quantitative estimate of drug-likeness (QED) is 0.650. The number of nitrogens with one attached hydrogen (secondary N) is 1. The summed E-state index contributed by atoms with van der Waals surface area (Å²) in [7, 11) is 0. The van der Waals surface area contributed by atoms with Crippen molar-refractivity contribution in [3.63, 3.8) is 0 Å². The lowest BCUT2D eigenvalue weighted by Gasteiger charge is -2.41. The van der Waals surface area contributed by atoms with Crippen molar-refractivity contribution in [2.24, 2.45) is 0 Å². The van der Waals surface area contributed by atoms with E-state index in [-0.39, 0.29) is 12.3 Å².